The highest BCUT2D eigenvalue weighted by Crippen LogP contribution is 2.36. The maximum Gasteiger partial charge on any atom is 0.0671 e. The molecule has 0 saturated carbocycles. The van der Waals surface area contributed by atoms with Gasteiger partial charge in [-0.15, -0.1) is 46.4 Å². The lowest BCUT2D eigenvalue weighted by Gasteiger charge is -2.36. The number of unbranched alkanes of at least 4 members (excludes halogenated alkanes) is 15. The molecule has 1 aliphatic heterocycles. The van der Waals surface area contributed by atoms with Crippen molar-refractivity contribution in [2.45, 2.75) is 143 Å². The molecule has 0 radical (unpaired) electrons. The molecule has 0 aromatic rings. The summed E-state index contributed by atoms with van der Waals surface area (Å²) in [5.41, 5.74) is 0. The quantitative estimate of drug-likeness (QED) is 0.108. The second-order valence-electron chi connectivity index (χ2n) is 8.94. The lowest BCUT2D eigenvalue weighted by molar-refractivity contribution is 0.531. The molecule has 1 aliphatic rings. The van der Waals surface area contributed by atoms with Gasteiger partial charge in [-0.3, -0.25) is 0 Å². The van der Waals surface area contributed by atoms with Gasteiger partial charge in [0.1, 0.15) is 0 Å². The molecule has 5 unspecified atom stereocenters. The summed E-state index contributed by atoms with van der Waals surface area (Å²) in [7, 11) is -1.05. The number of alkyl halides is 4. The van der Waals surface area contributed by atoms with Crippen molar-refractivity contribution < 1.29 is 0 Å². The summed E-state index contributed by atoms with van der Waals surface area (Å²) in [6, 6.07) is 2.33. The minimum absolute atomic E-state index is 0.0249. The Hall–Kier alpha value is 1.38. The Morgan fingerprint density at radius 3 is 1.39 bits per heavy atom. The molecule has 1 heterocycles. The fourth-order valence-electron chi connectivity index (χ4n) is 4.42. The van der Waals surface area contributed by atoms with Crippen molar-refractivity contribution in [2.75, 3.05) is 0 Å². The summed E-state index contributed by atoms with van der Waals surface area (Å²) in [6.07, 6.45) is 22.6. The van der Waals surface area contributed by atoms with Crippen LogP contribution >= 0.6 is 46.4 Å². The van der Waals surface area contributed by atoms with Crippen LogP contribution in [-0.2, 0) is 0 Å². The molecule has 0 spiro atoms. The molecule has 5 heteroatoms. The van der Waals surface area contributed by atoms with Crippen LogP contribution < -0.4 is 0 Å². The van der Waals surface area contributed by atoms with E-state index in [1.165, 1.54) is 109 Å². The van der Waals surface area contributed by atoms with E-state index in [0.29, 0.717) is 0 Å². The summed E-state index contributed by atoms with van der Waals surface area (Å²) in [4.78, 5) is 0. The largest absolute Gasteiger partial charge is 0.125 e. The second-order valence-corrected chi connectivity index (χ2v) is 14.7. The average molecular weight is 491 g/mol. The Labute approximate surface area is 197 Å². The van der Waals surface area contributed by atoms with Crippen molar-refractivity contribution in [2.24, 2.45) is 0 Å². The molecule has 1 saturated heterocycles. The smallest absolute Gasteiger partial charge is 0.0671 e. The van der Waals surface area contributed by atoms with E-state index in [9.17, 15) is 0 Å². The topological polar surface area (TPSA) is 0 Å². The summed E-state index contributed by atoms with van der Waals surface area (Å²) < 4.78 is 0. The van der Waals surface area contributed by atoms with Gasteiger partial charge < -0.3 is 0 Å². The highest BCUT2D eigenvalue weighted by atomic mass is 35.5. The molecule has 0 amide bonds. The minimum atomic E-state index is -1.05. The van der Waals surface area contributed by atoms with E-state index < -0.39 is 8.80 Å². The minimum Gasteiger partial charge on any atom is -0.125 e. The van der Waals surface area contributed by atoms with Crippen molar-refractivity contribution in [3.05, 3.63) is 0 Å². The number of rotatable bonds is 17. The van der Waals surface area contributed by atoms with Gasteiger partial charge >= 0.3 is 0 Å². The Kier molecular flexibility index (Phi) is 17.6. The van der Waals surface area contributed by atoms with Crippen molar-refractivity contribution in [1.29, 1.82) is 0 Å². The van der Waals surface area contributed by atoms with Crippen molar-refractivity contribution in [1.82, 2.24) is 0 Å². The number of halogens is 4. The van der Waals surface area contributed by atoms with Gasteiger partial charge in [-0.05, 0) is 6.04 Å². The third-order valence-electron chi connectivity index (χ3n) is 6.36. The zero-order chi connectivity index (χ0) is 20.6. The van der Waals surface area contributed by atoms with Gasteiger partial charge in [-0.2, -0.15) is 0 Å². The van der Waals surface area contributed by atoms with Crippen LogP contribution in [0.25, 0.3) is 0 Å². The van der Waals surface area contributed by atoms with E-state index in [0.717, 1.165) is 6.04 Å². The van der Waals surface area contributed by atoms with Crippen LogP contribution in [0.2, 0.25) is 12.1 Å². The van der Waals surface area contributed by atoms with Gasteiger partial charge in [-0.1, -0.05) is 116 Å². The lowest BCUT2D eigenvalue weighted by atomic mass is 10.0. The monoisotopic (exact) mass is 488 g/mol. The second kappa shape index (κ2) is 18.0. The molecule has 5 atom stereocenters. The van der Waals surface area contributed by atoms with Gasteiger partial charge in [0, 0.05) is 10.4 Å². The van der Waals surface area contributed by atoms with Crippen molar-refractivity contribution >= 4 is 55.2 Å². The van der Waals surface area contributed by atoms with Crippen LogP contribution in [0.15, 0.2) is 0 Å². The van der Waals surface area contributed by atoms with Crippen molar-refractivity contribution in [3.8, 4) is 0 Å². The molecule has 0 aromatic heterocycles. The molecular weight excluding hydrogens is 446 g/mol. The van der Waals surface area contributed by atoms with Crippen LogP contribution in [0.1, 0.15) is 110 Å². The summed E-state index contributed by atoms with van der Waals surface area (Å²) in [5, 5.41) is -0.176. The van der Waals surface area contributed by atoms with Crippen LogP contribution in [0, 0.1) is 0 Å². The zero-order valence-electron chi connectivity index (χ0n) is 18.1. The summed E-state index contributed by atoms with van der Waals surface area (Å²) in [5.74, 6) is 0. The van der Waals surface area contributed by atoms with E-state index in [1.54, 1.807) is 0 Å². The lowest BCUT2D eigenvalue weighted by Crippen LogP contribution is -2.48. The third kappa shape index (κ3) is 12.3. The highest BCUT2D eigenvalue weighted by Gasteiger charge is 2.41. The van der Waals surface area contributed by atoms with Gasteiger partial charge in [0.15, 0.2) is 0 Å². The highest BCUT2D eigenvalue weighted by molar-refractivity contribution is 6.73. The van der Waals surface area contributed by atoms with Gasteiger partial charge in [0.05, 0.1) is 19.6 Å². The summed E-state index contributed by atoms with van der Waals surface area (Å²) in [6.45, 7) is 2.29. The molecule has 0 aliphatic carbocycles. The van der Waals surface area contributed by atoms with Crippen molar-refractivity contribution in [3.63, 3.8) is 0 Å². The zero-order valence-corrected chi connectivity index (χ0v) is 22.3. The van der Waals surface area contributed by atoms with Crippen LogP contribution in [0.4, 0.5) is 0 Å². The normalized spacial score (nSPS) is 28.0. The van der Waals surface area contributed by atoms with E-state index in [2.05, 4.69) is 6.92 Å². The van der Waals surface area contributed by atoms with Gasteiger partial charge in [-0.25, -0.2) is 0 Å². The Morgan fingerprint density at radius 2 is 0.964 bits per heavy atom. The fraction of sp³-hybridized carbons (Fsp3) is 1.00. The first-order chi connectivity index (χ1) is 13.6. The number of hydrogen-bond acceptors (Lipinski definition) is 0. The maximum atomic E-state index is 6.55. The van der Waals surface area contributed by atoms with E-state index >= 15 is 0 Å². The average Bonchev–Trinajstić information content (AvgIpc) is 2.69. The van der Waals surface area contributed by atoms with Crippen LogP contribution in [0.3, 0.4) is 0 Å². The first-order valence-corrected chi connectivity index (χ1v) is 16.2. The fourth-order valence-corrected chi connectivity index (χ4v) is 10.9. The van der Waals surface area contributed by atoms with Gasteiger partial charge in [0.25, 0.3) is 0 Å². The van der Waals surface area contributed by atoms with Crippen LogP contribution in [0.5, 0.6) is 0 Å². The molecular formula is C23H44Cl4Si. The van der Waals surface area contributed by atoms with E-state index in [4.69, 9.17) is 46.4 Å². The first-order valence-electron chi connectivity index (χ1n) is 12.1. The Morgan fingerprint density at radius 1 is 0.571 bits per heavy atom. The molecule has 28 heavy (non-hydrogen) atoms. The Bertz CT molecular complexity index is 355. The standard InChI is InChI=1S/C23H44Cl4Si/c1-2-3-4-5-6-7-8-9-10-11-12-13-14-15-16-17-18-28-19-20(24)21(25)22(26)23(28)27/h20-23,28H,2-19H2,1H3. The molecule has 168 valence electrons. The SMILES string of the molecule is CCCCCCCCCCCCCCCCCC[SiH]1CC(Cl)C(Cl)C(Cl)C1Cl. The molecule has 0 N–H and O–H groups in total. The Balaban J connectivity index is 1.83. The molecule has 0 bridgehead atoms. The van der Waals surface area contributed by atoms with Gasteiger partial charge in [0.2, 0.25) is 0 Å². The van der Waals surface area contributed by atoms with E-state index in [-0.39, 0.29) is 21.1 Å². The molecule has 0 aromatic carbocycles. The first kappa shape index (κ1) is 27.4. The van der Waals surface area contributed by atoms with E-state index in [1.807, 2.05) is 0 Å². The van der Waals surface area contributed by atoms with Crippen LogP contribution in [-0.4, -0.2) is 29.9 Å². The predicted molar refractivity (Wildman–Crippen MR) is 135 cm³/mol. The molecule has 1 rings (SSSR count). The summed E-state index contributed by atoms with van der Waals surface area (Å²) >= 11 is 25.5. The maximum absolute atomic E-state index is 6.55. The number of hydrogen-bond donors (Lipinski definition) is 0. The molecule has 0 nitrogen and oxygen atoms in total. The predicted octanol–water partition coefficient (Wildman–Crippen LogP) is 9.46. The molecule has 1 fully saturated rings. The third-order valence-corrected chi connectivity index (χ3v) is 13.8.